The van der Waals surface area contributed by atoms with Crippen LogP contribution in [0.1, 0.15) is 12.5 Å². The molecule has 0 radical (unpaired) electrons. The maximum absolute atomic E-state index is 15.9. The van der Waals surface area contributed by atoms with Gasteiger partial charge in [-0.15, -0.1) is 0 Å². The third-order valence-electron chi connectivity index (χ3n) is 7.22. The number of aromatic nitrogens is 8. The highest BCUT2D eigenvalue weighted by molar-refractivity contribution is 8.07. The molecule has 0 amide bonds. The van der Waals surface area contributed by atoms with E-state index in [9.17, 15) is 19.5 Å². The van der Waals surface area contributed by atoms with Gasteiger partial charge in [0.25, 0.3) is 0 Å². The van der Waals surface area contributed by atoms with E-state index in [0.717, 1.165) is 6.33 Å². The van der Waals surface area contributed by atoms with E-state index in [1.807, 2.05) is 0 Å². The van der Waals surface area contributed by atoms with Crippen LogP contribution in [0.25, 0.3) is 22.3 Å². The van der Waals surface area contributed by atoms with Gasteiger partial charge in [-0.3, -0.25) is 22.7 Å². The molecule has 10 atom stereocenters. The molecule has 4 aromatic heterocycles. The molecular formula is C20H23FN10O10P2S. The van der Waals surface area contributed by atoms with Crippen molar-refractivity contribution in [2.24, 2.45) is 0 Å². The molecular weight excluding hydrogens is 653 g/mol. The molecule has 0 spiro atoms. The monoisotopic (exact) mass is 676 g/mol. The lowest BCUT2D eigenvalue weighted by atomic mass is 10.1. The van der Waals surface area contributed by atoms with Crippen LogP contribution in [-0.2, 0) is 43.9 Å². The van der Waals surface area contributed by atoms with Crippen LogP contribution in [0.2, 0.25) is 0 Å². The molecule has 236 valence electrons. The maximum atomic E-state index is 15.9. The Morgan fingerprint density at radius 3 is 2.05 bits per heavy atom. The summed E-state index contributed by atoms with van der Waals surface area (Å²) in [7, 11) is -5.05. The molecule has 4 aromatic rings. The van der Waals surface area contributed by atoms with Crippen molar-refractivity contribution in [1.29, 1.82) is 0 Å². The van der Waals surface area contributed by atoms with E-state index in [1.54, 1.807) is 0 Å². The molecule has 2 bridgehead atoms. The summed E-state index contributed by atoms with van der Waals surface area (Å²) in [6, 6.07) is 0. The minimum atomic E-state index is -5.05. The van der Waals surface area contributed by atoms with E-state index < -0.39 is 76.9 Å². The highest BCUT2D eigenvalue weighted by Crippen LogP contribution is 2.54. The number of rotatable bonds is 2. The Kier molecular flexibility index (Phi) is 7.39. The molecule has 0 aliphatic carbocycles. The van der Waals surface area contributed by atoms with Crippen molar-refractivity contribution in [3.05, 3.63) is 25.3 Å². The number of imidazole rings is 2. The summed E-state index contributed by atoms with van der Waals surface area (Å²) in [6.45, 7) is -5.66. The second-order valence-corrected chi connectivity index (χ2v) is 14.1. The summed E-state index contributed by atoms with van der Waals surface area (Å²) in [5.74, 6) is 0.101. The van der Waals surface area contributed by atoms with Gasteiger partial charge in [0.2, 0.25) is 0 Å². The predicted molar refractivity (Wildman–Crippen MR) is 146 cm³/mol. The van der Waals surface area contributed by atoms with Gasteiger partial charge in [-0.1, -0.05) is 0 Å². The standard InChI is InChI=1S/C20H23FN10O10P2S/c21-9-13-8(39-19(9)30-5-28-10-15(22)24-3-26-17(10)30)2-37-43(35,44)41-14-12(32)7(1-36-42(33,34)40-13)38-20(14)31-6-29-11-16(23)25-4-27-18(11)31/h3-9,12-14,19-20,32H,1-2H2,(H,33,34)(H,35,44)(H2,22,24,26)(H2,23,25,27)/t7-,8-,9-,12-,13-,14-,19-,20-,43?/m1/s1. The maximum Gasteiger partial charge on any atom is 0.472 e. The summed E-state index contributed by atoms with van der Waals surface area (Å²) in [6.07, 6.45) is -7.61. The first kappa shape index (κ1) is 29.8. The van der Waals surface area contributed by atoms with Crippen molar-refractivity contribution in [1.82, 2.24) is 39.0 Å². The summed E-state index contributed by atoms with van der Waals surface area (Å²) < 4.78 is 64.7. The molecule has 0 saturated carbocycles. The van der Waals surface area contributed by atoms with Crippen molar-refractivity contribution in [3.63, 3.8) is 0 Å². The first-order valence-corrected chi connectivity index (χ1v) is 16.8. The van der Waals surface area contributed by atoms with E-state index in [4.69, 9.17) is 50.8 Å². The van der Waals surface area contributed by atoms with Crippen LogP contribution < -0.4 is 11.5 Å². The number of phosphoric ester groups is 1. The van der Waals surface area contributed by atoms with E-state index in [2.05, 4.69) is 29.9 Å². The van der Waals surface area contributed by atoms with Crippen molar-refractivity contribution in [3.8, 4) is 0 Å². The third-order valence-corrected chi connectivity index (χ3v) is 9.76. The minimum Gasteiger partial charge on any atom is -0.387 e. The lowest BCUT2D eigenvalue weighted by molar-refractivity contribution is -0.0635. The Hall–Kier alpha value is -2.85. The van der Waals surface area contributed by atoms with Crippen LogP contribution in [0.4, 0.5) is 16.0 Å². The number of aliphatic hydroxyl groups is 1. The average molecular weight is 676 g/mol. The second kappa shape index (κ2) is 10.9. The Bertz CT molecular complexity index is 1830. The van der Waals surface area contributed by atoms with Gasteiger partial charge in [0.15, 0.2) is 41.6 Å². The van der Waals surface area contributed by atoms with Crippen molar-refractivity contribution >= 4 is 60.3 Å². The number of aliphatic hydroxyl groups excluding tert-OH is 1. The second-order valence-electron chi connectivity index (χ2n) is 9.90. The molecule has 7 N–H and O–H groups in total. The predicted octanol–water partition coefficient (Wildman–Crippen LogP) is -0.541. The van der Waals surface area contributed by atoms with Gasteiger partial charge in [0.05, 0.1) is 25.9 Å². The number of nitrogens with two attached hydrogens (primary N) is 2. The lowest BCUT2D eigenvalue weighted by Gasteiger charge is -2.27. The third kappa shape index (κ3) is 5.15. The summed E-state index contributed by atoms with van der Waals surface area (Å²) in [4.78, 5) is 45.8. The van der Waals surface area contributed by atoms with Gasteiger partial charge in [-0.2, -0.15) is 0 Å². The Labute approximate surface area is 249 Å². The molecule has 7 heterocycles. The number of halogens is 1. The molecule has 44 heavy (non-hydrogen) atoms. The molecule has 3 aliphatic heterocycles. The zero-order valence-electron chi connectivity index (χ0n) is 22.0. The van der Waals surface area contributed by atoms with Crippen LogP contribution in [0.3, 0.4) is 0 Å². The van der Waals surface area contributed by atoms with Crippen molar-refractivity contribution in [2.75, 3.05) is 24.7 Å². The Morgan fingerprint density at radius 1 is 0.841 bits per heavy atom. The van der Waals surface area contributed by atoms with Gasteiger partial charge in [0.1, 0.15) is 54.2 Å². The summed E-state index contributed by atoms with van der Waals surface area (Å²) >= 11 is 5.21. The van der Waals surface area contributed by atoms with Gasteiger partial charge in [0, 0.05) is 0 Å². The number of ether oxygens (including phenoxy) is 2. The minimum absolute atomic E-state index is 0.0348. The van der Waals surface area contributed by atoms with Gasteiger partial charge >= 0.3 is 14.5 Å². The number of fused-ring (bicyclic) bond motifs is 5. The highest BCUT2D eigenvalue weighted by Gasteiger charge is 2.54. The molecule has 2 unspecified atom stereocenters. The number of phosphoric acid groups is 1. The molecule has 24 heteroatoms. The molecule has 7 rings (SSSR count). The molecule has 20 nitrogen and oxygen atoms in total. The van der Waals surface area contributed by atoms with E-state index in [0.29, 0.717) is 0 Å². The van der Waals surface area contributed by atoms with E-state index in [-0.39, 0.29) is 34.0 Å². The number of nitrogens with zero attached hydrogens (tertiary/aromatic N) is 8. The topological polar surface area (TPSA) is 272 Å². The van der Waals surface area contributed by atoms with Gasteiger partial charge < -0.3 is 40.4 Å². The Morgan fingerprint density at radius 2 is 1.41 bits per heavy atom. The smallest absolute Gasteiger partial charge is 0.387 e. The zero-order valence-corrected chi connectivity index (χ0v) is 24.6. The Balaban J connectivity index is 1.20. The fraction of sp³-hybridized carbons (Fsp3) is 0.500. The SMILES string of the molecule is Nc1ncnc2c1ncn2[C@@H]1O[C@@H]2COP(O)(=S)O[C@@H]3[C@H](O)[C@@H](COP(=O)(O)O[C@H]2[C@H]1F)O[C@H]3n1cnc2c(N)ncnc21. The molecule has 3 saturated heterocycles. The molecule has 3 fully saturated rings. The number of anilines is 2. The zero-order chi connectivity index (χ0) is 31.0. The largest absolute Gasteiger partial charge is 0.472 e. The normalized spacial score (nSPS) is 38.3. The van der Waals surface area contributed by atoms with Crippen LogP contribution in [0.5, 0.6) is 0 Å². The summed E-state index contributed by atoms with van der Waals surface area (Å²) in [5, 5.41) is 11.1. The number of hydrogen-bond acceptors (Lipinski definition) is 17. The van der Waals surface area contributed by atoms with E-state index >= 15 is 4.39 Å². The van der Waals surface area contributed by atoms with Crippen molar-refractivity contribution < 1.29 is 51.4 Å². The van der Waals surface area contributed by atoms with Gasteiger partial charge in [-0.05, 0) is 11.8 Å². The van der Waals surface area contributed by atoms with Crippen molar-refractivity contribution in [2.45, 2.75) is 49.1 Å². The van der Waals surface area contributed by atoms with Gasteiger partial charge in [-0.25, -0.2) is 38.9 Å². The fourth-order valence-electron chi connectivity index (χ4n) is 5.19. The first-order chi connectivity index (χ1) is 20.9. The van der Waals surface area contributed by atoms with E-state index in [1.165, 1.54) is 28.1 Å². The highest BCUT2D eigenvalue weighted by atomic mass is 32.5. The first-order valence-electron chi connectivity index (χ1n) is 12.7. The molecule has 3 aliphatic rings. The quantitative estimate of drug-likeness (QED) is 0.167. The molecule has 0 aromatic carbocycles. The van der Waals surface area contributed by atoms with Crippen LogP contribution in [0, 0.1) is 0 Å². The van der Waals surface area contributed by atoms with Crippen LogP contribution in [0.15, 0.2) is 25.3 Å². The average Bonchev–Trinajstić information content (AvgIpc) is 3.73. The fourth-order valence-corrected chi connectivity index (χ4v) is 7.56. The number of alkyl halides is 1. The number of hydrogen-bond donors (Lipinski definition) is 5. The number of nitrogen functional groups attached to an aromatic ring is 2. The lowest BCUT2D eigenvalue weighted by Crippen LogP contribution is -2.35. The van der Waals surface area contributed by atoms with Crippen LogP contribution >= 0.6 is 14.5 Å². The summed E-state index contributed by atoms with van der Waals surface area (Å²) in [5.41, 5.74) is 12.4. The van der Waals surface area contributed by atoms with Crippen LogP contribution in [-0.4, -0.2) is 104 Å².